The summed E-state index contributed by atoms with van der Waals surface area (Å²) >= 11 is 0. The van der Waals surface area contributed by atoms with Gasteiger partial charge in [0.05, 0.1) is 26.4 Å². The summed E-state index contributed by atoms with van der Waals surface area (Å²) in [5.41, 5.74) is 1.08. The molecule has 2 aromatic rings. The fourth-order valence-corrected chi connectivity index (χ4v) is 2.98. The highest BCUT2D eigenvalue weighted by Gasteiger charge is 2.24. The predicted octanol–water partition coefficient (Wildman–Crippen LogP) is 5.12. The predicted molar refractivity (Wildman–Crippen MR) is 116 cm³/mol. The van der Waals surface area contributed by atoms with Crippen molar-refractivity contribution in [3.8, 4) is 11.5 Å². The molecule has 0 radical (unpaired) electrons. The fraction of sp³-hybridized carbons (Fsp3) is 0.417. The normalized spacial score (nSPS) is 11.8. The van der Waals surface area contributed by atoms with Crippen LogP contribution in [0.5, 0.6) is 11.5 Å². The maximum absolute atomic E-state index is 13.0. The third-order valence-electron chi connectivity index (χ3n) is 4.46. The minimum Gasteiger partial charge on any atom is -0.493 e. The Kier molecular flexibility index (Phi) is 8.25. The molecular formula is C24H31NO4. The van der Waals surface area contributed by atoms with Gasteiger partial charge in [-0.3, -0.25) is 4.79 Å². The van der Waals surface area contributed by atoms with Gasteiger partial charge in [0.25, 0.3) is 5.90 Å². The lowest BCUT2D eigenvalue weighted by Crippen LogP contribution is -2.28. The average molecular weight is 398 g/mol. The van der Waals surface area contributed by atoms with Crippen molar-refractivity contribution < 1.29 is 19.0 Å². The van der Waals surface area contributed by atoms with Crippen LogP contribution in [0.1, 0.15) is 49.5 Å². The fourth-order valence-electron chi connectivity index (χ4n) is 2.98. The number of unbranched alkanes of at least 4 members (excludes halogenated alkanes) is 1. The minimum absolute atomic E-state index is 0.162. The molecule has 0 fully saturated rings. The second-order valence-electron chi connectivity index (χ2n) is 7.49. The molecule has 0 spiro atoms. The van der Waals surface area contributed by atoms with Crippen molar-refractivity contribution in [2.24, 2.45) is 4.99 Å². The molecule has 2 rings (SSSR count). The molecule has 2 aromatic carbocycles. The number of rotatable bonds is 10. The third-order valence-corrected chi connectivity index (χ3v) is 4.46. The lowest BCUT2D eigenvalue weighted by atomic mass is 9.95. The zero-order chi connectivity index (χ0) is 21.3. The van der Waals surface area contributed by atoms with Gasteiger partial charge in [0.15, 0.2) is 11.5 Å². The smallest absolute Gasteiger partial charge is 0.259 e. The van der Waals surface area contributed by atoms with E-state index in [1.807, 2.05) is 50.2 Å². The highest BCUT2D eigenvalue weighted by atomic mass is 16.5. The number of carbonyl (C=O) groups is 1. The van der Waals surface area contributed by atoms with Crippen LogP contribution in [0.25, 0.3) is 0 Å². The largest absolute Gasteiger partial charge is 0.493 e. The van der Waals surface area contributed by atoms with Crippen molar-refractivity contribution >= 4 is 11.7 Å². The molecule has 29 heavy (non-hydrogen) atoms. The van der Waals surface area contributed by atoms with E-state index in [9.17, 15) is 4.79 Å². The topological polar surface area (TPSA) is 57.1 Å². The Morgan fingerprint density at radius 1 is 1.00 bits per heavy atom. The van der Waals surface area contributed by atoms with Gasteiger partial charge in [0, 0.05) is 5.56 Å². The first kappa shape index (κ1) is 22.5. The molecule has 5 nitrogen and oxygen atoms in total. The Balaban J connectivity index is 2.28. The van der Waals surface area contributed by atoms with Crippen molar-refractivity contribution in [1.29, 1.82) is 0 Å². The van der Waals surface area contributed by atoms with E-state index in [-0.39, 0.29) is 11.7 Å². The van der Waals surface area contributed by atoms with Crippen LogP contribution in [0.2, 0.25) is 0 Å². The van der Waals surface area contributed by atoms with Crippen LogP contribution >= 0.6 is 0 Å². The molecule has 0 heterocycles. The Hall–Kier alpha value is -2.82. The molecule has 0 aliphatic carbocycles. The average Bonchev–Trinajstić information content (AvgIpc) is 2.72. The lowest BCUT2D eigenvalue weighted by Gasteiger charge is -2.22. The van der Waals surface area contributed by atoms with Gasteiger partial charge in [-0.25, -0.2) is 4.99 Å². The van der Waals surface area contributed by atoms with E-state index in [0.29, 0.717) is 30.1 Å². The Morgan fingerprint density at radius 2 is 1.69 bits per heavy atom. The van der Waals surface area contributed by atoms with E-state index < -0.39 is 5.54 Å². The maximum atomic E-state index is 13.0. The quantitative estimate of drug-likeness (QED) is 0.242. The zero-order valence-corrected chi connectivity index (χ0v) is 18.0. The number of ether oxygens (including phenoxy) is 3. The molecule has 0 N–H and O–H groups in total. The zero-order valence-electron chi connectivity index (χ0n) is 18.0. The summed E-state index contributed by atoms with van der Waals surface area (Å²) in [6, 6.07) is 14.9. The van der Waals surface area contributed by atoms with E-state index in [1.165, 1.54) is 0 Å². The second-order valence-corrected chi connectivity index (χ2v) is 7.49. The molecule has 0 saturated heterocycles. The number of carbonyl (C=O) groups excluding carboxylic acids is 1. The van der Waals surface area contributed by atoms with Crippen LogP contribution in [0.15, 0.2) is 53.5 Å². The van der Waals surface area contributed by atoms with Crippen LogP contribution in [-0.2, 0) is 11.2 Å². The molecule has 0 aliphatic heterocycles. The number of methoxy groups -OCH3 is 2. The maximum Gasteiger partial charge on any atom is 0.259 e. The molecule has 0 aliphatic rings. The number of hydrogen-bond donors (Lipinski definition) is 0. The van der Waals surface area contributed by atoms with Crippen LogP contribution in [0.3, 0.4) is 0 Å². The number of aliphatic imine (C=N–C) groups is 1. The van der Waals surface area contributed by atoms with Crippen LogP contribution in [0.4, 0.5) is 0 Å². The third kappa shape index (κ3) is 6.63. The summed E-state index contributed by atoms with van der Waals surface area (Å²) in [4.78, 5) is 17.7. The summed E-state index contributed by atoms with van der Waals surface area (Å²) < 4.78 is 16.5. The van der Waals surface area contributed by atoms with Gasteiger partial charge in [-0.15, -0.1) is 0 Å². The van der Waals surface area contributed by atoms with Gasteiger partial charge in [0.1, 0.15) is 0 Å². The van der Waals surface area contributed by atoms with Crippen molar-refractivity contribution in [3.63, 3.8) is 0 Å². The SMILES string of the molecule is CCCCOC(=NC(C)(C)Cc1ccc(OC)c(OC)c1)C(=O)c1ccccc1. The molecule has 0 aromatic heterocycles. The van der Waals surface area contributed by atoms with Gasteiger partial charge >= 0.3 is 0 Å². The number of Topliss-reactive ketones (excluding diaryl/α,β-unsaturated/α-hetero) is 1. The molecule has 0 unspecified atom stereocenters. The summed E-state index contributed by atoms with van der Waals surface area (Å²) in [5, 5.41) is 0. The van der Waals surface area contributed by atoms with E-state index in [0.717, 1.165) is 18.4 Å². The van der Waals surface area contributed by atoms with Gasteiger partial charge in [-0.1, -0.05) is 49.7 Å². The van der Waals surface area contributed by atoms with Crippen LogP contribution < -0.4 is 9.47 Å². The van der Waals surface area contributed by atoms with E-state index >= 15 is 0 Å². The highest BCUT2D eigenvalue weighted by molar-refractivity contribution is 6.43. The van der Waals surface area contributed by atoms with Crippen LogP contribution in [0, 0.1) is 0 Å². The van der Waals surface area contributed by atoms with E-state index in [4.69, 9.17) is 19.2 Å². The summed E-state index contributed by atoms with van der Waals surface area (Å²) in [6.45, 7) is 6.54. The van der Waals surface area contributed by atoms with Gasteiger partial charge < -0.3 is 14.2 Å². The summed E-state index contributed by atoms with van der Waals surface area (Å²) in [7, 11) is 3.23. The first-order valence-corrected chi connectivity index (χ1v) is 9.93. The Labute approximate surface area is 173 Å². The van der Waals surface area contributed by atoms with E-state index in [1.54, 1.807) is 26.4 Å². The number of hydrogen-bond acceptors (Lipinski definition) is 5. The van der Waals surface area contributed by atoms with Crippen LogP contribution in [-0.4, -0.2) is 38.0 Å². The number of ketones is 1. The standard InChI is InChI=1S/C24H31NO4/c1-6-7-15-29-23(22(26)19-11-9-8-10-12-19)25-24(2,3)17-18-13-14-20(27-4)21(16-18)28-5/h8-14,16H,6-7,15,17H2,1-5H3. The van der Waals surface area contributed by atoms with Crippen molar-refractivity contribution in [1.82, 2.24) is 0 Å². The molecule has 0 bridgehead atoms. The first-order valence-electron chi connectivity index (χ1n) is 9.93. The molecule has 0 amide bonds. The number of benzene rings is 2. The van der Waals surface area contributed by atoms with Gasteiger partial charge in [-0.05, 0) is 44.4 Å². The molecule has 0 atom stereocenters. The number of nitrogens with zero attached hydrogens (tertiary/aromatic N) is 1. The summed E-state index contributed by atoms with van der Waals surface area (Å²) in [5.74, 6) is 1.32. The first-order chi connectivity index (χ1) is 13.9. The minimum atomic E-state index is -0.536. The molecule has 156 valence electrons. The summed E-state index contributed by atoms with van der Waals surface area (Å²) in [6.07, 6.45) is 2.48. The Morgan fingerprint density at radius 3 is 2.31 bits per heavy atom. The van der Waals surface area contributed by atoms with Crippen molar-refractivity contribution in [2.45, 2.75) is 45.6 Å². The molecular weight excluding hydrogens is 366 g/mol. The lowest BCUT2D eigenvalue weighted by molar-refractivity contribution is 0.102. The van der Waals surface area contributed by atoms with Gasteiger partial charge in [-0.2, -0.15) is 0 Å². The molecule has 0 saturated carbocycles. The molecule has 5 heteroatoms. The second kappa shape index (κ2) is 10.6. The monoisotopic (exact) mass is 397 g/mol. The van der Waals surface area contributed by atoms with Crippen molar-refractivity contribution in [3.05, 3.63) is 59.7 Å². The Bertz CT molecular complexity index is 828. The van der Waals surface area contributed by atoms with Gasteiger partial charge in [0.2, 0.25) is 5.78 Å². The van der Waals surface area contributed by atoms with E-state index in [2.05, 4.69) is 6.92 Å². The van der Waals surface area contributed by atoms with Crippen molar-refractivity contribution in [2.75, 3.05) is 20.8 Å². The highest BCUT2D eigenvalue weighted by Crippen LogP contribution is 2.29.